The number of aromatic nitrogens is 1. The Labute approximate surface area is 203 Å². The maximum absolute atomic E-state index is 13.8. The van der Waals surface area contributed by atoms with E-state index in [1.807, 2.05) is 56.4 Å². The molecule has 4 atom stereocenters. The predicted molar refractivity (Wildman–Crippen MR) is 131 cm³/mol. The quantitative estimate of drug-likeness (QED) is 0.495. The number of hydrogen-bond donors (Lipinski definition) is 3. The number of H-pyrrole nitrogens is 1. The summed E-state index contributed by atoms with van der Waals surface area (Å²) >= 11 is 0. The van der Waals surface area contributed by atoms with Crippen molar-refractivity contribution in [2.24, 2.45) is 11.8 Å². The average molecular weight is 473 g/mol. The summed E-state index contributed by atoms with van der Waals surface area (Å²) < 4.78 is 5.16. The highest BCUT2D eigenvalue weighted by Crippen LogP contribution is 2.54. The van der Waals surface area contributed by atoms with Crippen molar-refractivity contribution in [3.05, 3.63) is 64.8 Å². The largest absolute Gasteiger partial charge is 0.383 e. The Morgan fingerprint density at radius 3 is 2.66 bits per heavy atom. The van der Waals surface area contributed by atoms with Gasteiger partial charge in [-0.25, -0.2) is 0 Å². The molecule has 3 aliphatic rings. The molecule has 2 fully saturated rings. The molecule has 0 bridgehead atoms. The number of anilines is 1. The third-order valence-electron chi connectivity index (χ3n) is 8.15. The first-order chi connectivity index (χ1) is 16.9. The van der Waals surface area contributed by atoms with Crippen LogP contribution in [0.2, 0.25) is 0 Å². The van der Waals surface area contributed by atoms with Crippen LogP contribution in [0.4, 0.5) is 5.69 Å². The Morgan fingerprint density at radius 1 is 1.06 bits per heavy atom. The average Bonchev–Trinajstić information content (AvgIpc) is 3.55. The molecule has 3 aromatic rings. The molecule has 8 nitrogen and oxygen atoms in total. The number of rotatable bonds is 5. The van der Waals surface area contributed by atoms with E-state index in [-0.39, 0.29) is 36.9 Å². The molecule has 0 radical (unpaired) electrons. The van der Waals surface area contributed by atoms with Gasteiger partial charge in [0.25, 0.3) is 0 Å². The monoisotopic (exact) mass is 472 g/mol. The van der Waals surface area contributed by atoms with Gasteiger partial charge in [-0.15, -0.1) is 0 Å². The second kappa shape index (κ2) is 7.76. The van der Waals surface area contributed by atoms with Crippen LogP contribution in [-0.2, 0) is 31.1 Å². The fourth-order valence-electron chi connectivity index (χ4n) is 6.29. The van der Waals surface area contributed by atoms with Gasteiger partial charge in [-0.1, -0.05) is 30.3 Å². The van der Waals surface area contributed by atoms with Crippen LogP contribution >= 0.6 is 0 Å². The number of fused-ring (bicyclic) bond motifs is 5. The number of carbonyl (C=O) groups is 3. The van der Waals surface area contributed by atoms with Gasteiger partial charge in [-0.2, -0.15) is 0 Å². The van der Waals surface area contributed by atoms with Gasteiger partial charge in [0.15, 0.2) is 0 Å². The first kappa shape index (κ1) is 22.0. The molecule has 2 unspecified atom stereocenters. The smallest absolute Gasteiger partial charge is 0.250 e. The Morgan fingerprint density at radius 2 is 1.86 bits per heavy atom. The normalized spacial score (nSPS) is 27.2. The van der Waals surface area contributed by atoms with Crippen LogP contribution < -0.4 is 10.6 Å². The van der Waals surface area contributed by atoms with Crippen LogP contribution in [-0.4, -0.2) is 53.9 Å². The number of likely N-dealkylation sites (tertiary alicyclic amines) is 1. The number of nitrogens with one attached hydrogen (secondary N) is 3. The van der Waals surface area contributed by atoms with E-state index in [4.69, 9.17) is 4.74 Å². The summed E-state index contributed by atoms with van der Waals surface area (Å²) in [6, 6.07) is 11.5. The van der Waals surface area contributed by atoms with Gasteiger partial charge < -0.3 is 15.0 Å². The number of para-hydroxylation sites is 1. The number of amides is 3. The second-order valence-corrected chi connectivity index (χ2v) is 9.83. The number of aryl methyl sites for hydroxylation is 1. The highest BCUT2D eigenvalue weighted by atomic mass is 16.5. The molecular formula is C27H28N4O4. The van der Waals surface area contributed by atoms with Gasteiger partial charge in [-0.3, -0.25) is 24.6 Å². The predicted octanol–water partition coefficient (Wildman–Crippen LogP) is 2.39. The second-order valence-electron chi connectivity index (χ2n) is 9.83. The fourth-order valence-corrected chi connectivity index (χ4v) is 6.29. The first-order valence-electron chi connectivity index (χ1n) is 12.0. The third kappa shape index (κ3) is 2.90. The van der Waals surface area contributed by atoms with Crippen LogP contribution in [0, 0.1) is 25.7 Å². The Bertz CT molecular complexity index is 1400. The molecule has 1 spiro atoms. The van der Waals surface area contributed by atoms with Gasteiger partial charge >= 0.3 is 0 Å². The van der Waals surface area contributed by atoms with Crippen LogP contribution in [0.15, 0.2) is 42.6 Å². The molecule has 3 N–H and O–H groups in total. The van der Waals surface area contributed by atoms with Crippen molar-refractivity contribution < 1.29 is 19.1 Å². The number of methoxy groups -OCH3 is 1. The van der Waals surface area contributed by atoms with Crippen molar-refractivity contribution in [2.45, 2.75) is 31.8 Å². The van der Waals surface area contributed by atoms with E-state index in [1.165, 1.54) is 4.90 Å². The Hall–Kier alpha value is -3.49. The molecule has 180 valence electrons. The van der Waals surface area contributed by atoms with Crippen molar-refractivity contribution in [3.63, 3.8) is 0 Å². The van der Waals surface area contributed by atoms with Crippen LogP contribution in [0.1, 0.15) is 22.3 Å². The number of imide groups is 1. The molecule has 3 aliphatic heterocycles. The van der Waals surface area contributed by atoms with E-state index in [1.54, 1.807) is 7.11 Å². The van der Waals surface area contributed by atoms with Crippen molar-refractivity contribution in [1.82, 2.24) is 15.2 Å². The van der Waals surface area contributed by atoms with E-state index in [0.717, 1.165) is 38.8 Å². The molecule has 2 aromatic carbocycles. The van der Waals surface area contributed by atoms with Crippen molar-refractivity contribution in [3.8, 4) is 0 Å². The maximum Gasteiger partial charge on any atom is 0.250 e. The third-order valence-corrected chi connectivity index (χ3v) is 8.15. The SMILES string of the molecule is COCCN1C(=O)[C@@H]2C(Cc3c[nH]c4ccccc34)NC3(C(=O)Nc4c3ccc(C)c4C)[C@@H]2C1=O. The van der Waals surface area contributed by atoms with Gasteiger partial charge in [0, 0.05) is 41.5 Å². The lowest BCUT2D eigenvalue weighted by molar-refractivity contribution is -0.143. The Balaban J connectivity index is 1.48. The molecule has 8 heteroatoms. The molecule has 4 heterocycles. The molecule has 0 aliphatic carbocycles. The lowest BCUT2D eigenvalue weighted by Gasteiger charge is -2.29. The van der Waals surface area contributed by atoms with Gasteiger partial charge in [0.05, 0.1) is 25.0 Å². The molecule has 1 aromatic heterocycles. The summed E-state index contributed by atoms with van der Waals surface area (Å²) in [7, 11) is 1.54. The minimum absolute atomic E-state index is 0.179. The number of ether oxygens (including phenoxy) is 1. The van der Waals surface area contributed by atoms with E-state index in [2.05, 4.69) is 15.6 Å². The standard InChI is InChI=1S/C27H28N4O4/c1-14-8-9-18-23(15(14)2)29-26(34)27(18)22-21(24(32)31(25(22)33)10-11-35-3)20(30-27)12-16-13-28-19-7-5-4-6-17(16)19/h4-9,13,20-22,28,30H,10-12H2,1-3H3,(H,29,34)/t20?,21-,22+,27?/m1/s1. The summed E-state index contributed by atoms with van der Waals surface area (Å²) in [6.45, 7) is 4.40. The van der Waals surface area contributed by atoms with Gasteiger partial charge in [-0.05, 0) is 43.0 Å². The topological polar surface area (TPSA) is 104 Å². The van der Waals surface area contributed by atoms with Crippen LogP contribution in [0.3, 0.4) is 0 Å². The zero-order valence-electron chi connectivity index (χ0n) is 20.0. The summed E-state index contributed by atoms with van der Waals surface area (Å²) in [5.41, 5.74) is 4.28. The summed E-state index contributed by atoms with van der Waals surface area (Å²) in [6.07, 6.45) is 2.46. The molecular weight excluding hydrogens is 444 g/mol. The van der Waals surface area contributed by atoms with Gasteiger partial charge in [0.1, 0.15) is 5.54 Å². The summed E-state index contributed by atoms with van der Waals surface area (Å²) in [5, 5.41) is 7.65. The maximum atomic E-state index is 13.8. The highest BCUT2D eigenvalue weighted by molar-refractivity contribution is 6.15. The number of hydrogen-bond acceptors (Lipinski definition) is 5. The minimum Gasteiger partial charge on any atom is -0.383 e. The van der Waals surface area contributed by atoms with E-state index in [9.17, 15) is 14.4 Å². The lowest BCUT2D eigenvalue weighted by atomic mass is 9.75. The Kier molecular flexibility index (Phi) is 4.88. The van der Waals surface area contributed by atoms with E-state index < -0.39 is 17.4 Å². The number of nitrogens with zero attached hydrogens (tertiary/aromatic N) is 1. The minimum atomic E-state index is -1.29. The fraction of sp³-hybridized carbons (Fsp3) is 0.370. The summed E-state index contributed by atoms with van der Waals surface area (Å²) in [5.74, 6) is -2.28. The van der Waals surface area contributed by atoms with Gasteiger partial charge in [0.2, 0.25) is 17.7 Å². The van der Waals surface area contributed by atoms with Crippen molar-refractivity contribution >= 4 is 34.3 Å². The molecule has 3 amide bonds. The molecule has 0 saturated carbocycles. The van der Waals surface area contributed by atoms with E-state index >= 15 is 0 Å². The number of benzene rings is 2. The number of aromatic amines is 1. The molecule has 35 heavy (non-hydrogen) atoms. The van der Waals surface area contributed by atoms with E-state index in [0.29, 0.717) is 6.42 Å². The van der Waals surface area contributed by atoms with Crippen LogP contribution in [0.25, 0.3) is 10.9 Å². The molecule has 2 saturated heterocycles. The highest BCUT2D eigenvalue weighted by Gasteiger charge is 2.70. The lowest BCUT2D eigenvalue weighted by Crippen LogP contribution is -2.53. The summed E-state index contributed by atoms with van der Waals surface area (Å²) in [4.78, 5) is 45.7. The van der Waals surface area contributed by atoms with Crippen molar-refractivity contribution in [2.75, 3.05) is 25.6 Å². The van der Waals surface area contributed by atoms with Crippen molar-refractivity contribution in [1.29, 1.82) is 0 Å². The zero-order chi connectivity index (χ0) is 24.5. The first-order valence-corrected chi connectivity index (χ1v) is 12.0. The molecule has 6 rings (SSSR count). The van der Waals surface area contributed by atoms with Crippen LogP contribution in [0.5, 0.6) is 0 Å². The zero-order valence-corrected chi connectivity index (χ0v) is 20.0. The number of carbonyl (C=O) groups excluding carboxylic acids is 3.